The fourth-order valence-electron chi connectivity index (χ4n) is 2.02. The van der Waals surface area contributed by atoms with Crippen molar-refractivity contribution in [3.63, 3.8) is 0 Å². The van der Waals surface area contributed by atoms with Gasteiger partial charge in [-0.1, -0.05) is 11.6 Å². The van der Waals surface area contributed by atoms with Gasteiger partial charge in [-0.05, 0) is 36.4 Å². The molecule has 3 aromatic rings. The maximum Gasteiger partial charge on any atom is 0.416 e. The lowest BCUT2D eigenvalue weighted by Crippen LogP contribution is -2.04. The third kappa shape index (κ3) is 2.54. The van der Waals surface area contributed by atoms with E-state index in [9.17, 15) is 18.3 Å². The molecule has 0 spiro atoms. The number of H-pyrrole nitrogens is 1. The molecular weight excluding hydrogens is 305 g/mol. The largest absolute Gasteiger partial charge is 0.507 e. The topological polar surface area (TPSA) is 48.9 Å². The number of hydrogen-bond donors (Lipinski definition) is 2. The number of aromatic nitrogens is 2. The molecule has 0 bridgehead atoms. The van der Waals surface area contributed by atoms with Crippen molar-refractivity contribution in [1.82, 2.24) is 9.97 Å². The minimum Gasteiger partial charge on any atom is -0.507 e. The zero-order valence-electron chi connectivity index (χ0n) is 10.4. The molecule has 108 valence electrons. The lowest BCUT2D eigenvalue weighted by atomic mass is 10.2. The van der Waals surface area contributed by atoms with Crippen LogP contribution >= 0.6 is 11.6 Å². The predicted octanol–water partition coefficient (Wildman–Crippen LogP) is 4.61. The molecule has 0 atom stereocenters. The van der Waals surface area contributed by atoms with E-state index in [2.05, 4.69) is 9.97 Å². The zero-order chi connectivity index (χ0) is 15.2. The SMILES string of the molecule is Oc1cc(Cl)ccc1-c1nc2ccc(C(F)(F)F)cc2[nH]1. The second-order valence-electron chi connectivity index (χ2n) is 4.48. The van der Waals surface area contributed by atoms with Crippen molar-refractivity contribution >= 4 is 22.6 Å². The second kappa shape index (κ2) is 4.66. The van der Waals surface area contributed by atoms with Crippen LogP contribution < -0.4 is 0 Å². The molecule has 0 saturated heterocycles. The molecule has 0 aliphatic rings. The summed E-state index contributed by atoms with van der Waals surface area (Å²) in [5, 5.41) is 10.2. The van der Waals surface area contributed by atoms with E-state index in [4.69, 9.17) is 11.6 Å². The van der Waals surface area contributed by atoms with Gasteiger partial charge in [-0.15, -0.1) is 0 Å². The maximum absolute atomic E-state index is 12.7. The van der Waals surface area contributed by atoms with Gasteiger partial charge in [0.2, 0.25) is 0 Å². The second-order valence-corrected chi connectivity index (χ2v) is 4.91. The van der Waals surface area contributed by atoms with Crippen LogP contribution in [0.4, 0.5) is 13.2 Å². The quantitative estimate of drug-likeness (QED) is 0.689. The van der Waals surface area contributed by atoms with E-state index >= 15 is 0 Å². The zero-order valence-corrected chi connectivity index (χ0v) is 11.1. The lowest BCUT2D eigenvalue weighted by Gasteiger charge is -2.05. The molecule has 0 fully saturated rings. The van der Waals surface area contributed by atoms with Gasteiger partial charge in [-0.2, -0.15) is 13.2 Å². The molecule has 3 rings (SSSR count). The molecule has 0 radical (unpaired) electrons. The predicted molar refractivity (Wildman–Crippen MR) is 73.2 cm³/mol. The smallest absolute Gasteiger partial charge is 0.416 e. The van der Waals surface area contributed by atoms with Gasteiger partial charge in [-0.3, -0.25) is 0 Å². The fraction of sp³-hybridized carbons (Fsp3) is 0.0714. The van der Waals surface area contributed by atoms with Gasteiger partial charge in [-0.25, -0.2) is 4.98 Å². The first-order valence-electron chi connectivity index (χ1n) is 5.90. The molecule has 0 unspecified atom stereocenters. The number of nitrogens with zero attached hydrogens (tertiary/aromatic N) is 1. The Hall–Kier alpha value is -2.21. The van der Waals surface area contributed by atoms with Crippen LogP contribution in [0, 0.1) is 0 Å². The molecule has 0 aliphatic carbocycles. The van der Waals surface area contributed by atoms with Crippen LogP contribution in [-0.4, -0.2) is 15.1 Å². The molecule has 1 aromatic heterocycles. The number of fused-ring (bicyclic) bond motifs is 1. The standard InChI is InChI=1S/C14H8ClF3N2O/c15-8-2-3-9(12(21)6-8)13-19-10-4-1-7(14(16,17)18)5-11(10)20-13/h1-6,21H,(H,19,20). The van der Waals surface area contributed by atoms with E-state index < -0.39 is 11.7 Å². The van der Waals surface area contributed by atoms with E-state index in [0.717, 1.165) is 12.1 Å². The molecule has 0 saturated carbocycles. The minimum atomic E-state index is -4.41. The average molecular weight is 313 g/mol. The van der Waals surface area contributed by atoms with Crippen LogP contribution in [0.2, 0.25) is 5.02 Å². The molecule has 0 aliphatic heterocycles. The molecule has 7 heteroatoms. The highest BCUT2D eigenvalue weighted by Gasteiger charge is 2.30. The van der Waals surface area contributed by atoms with Crippen molar-refractivity contribution in [2.24, 2.45) is 0 Å². The Morgan fingerprint density at radius 1 is 1.10 bits per heavy atom. The number of halogens is 4. The average Bonchev–Trinajstić information content (AvgIpc) is 2.79. The number of aromatic amines is 1. The van der Waals surface area contributed by atoms with Crippen molar-refractivity contribution < 1.29 is 18.3 Å². The molecule has 1 heterocycles. The first-order chi connectivity index (χ1) is 9.84. The van der Waals surface area contributed by atoms with Crippen molar-refractivity contribution in [3.05, 3.63) is 47.0 Å². The highest BCUT2D eigenvalue weighted by molar-refractivity contribution is 6.30. The maximum atomic E-state index is 12.7. The number of imidazole rings is 1. The summed E-state index contributed by atoms with van der Waals surface area (Å²) in [6, 6.07) is 7.68. The highest BCUT2D eigenvalue weighted by Crippen LogP contribution is 2.34. The summed E-state index contributed by atoms with van der Waals surface area (Å²) in [6.45, 7) is 0. The van der Waals surface area contributed by atoms with E-state index in [1.54, 1.807) is 12.1 Å². The first kappa shape index (κ1) is 13.8. The Bertz CT molecular complexity index is 827. The lowest BCUT2D eigenvalue weighted by molar-refractivity contribution is -0.137. The van der Waals surface area contributed by atoms with Crippen molar-refractivity contribution in [2.45, 2.75) is 6.18 Å². The Morgan fingerprint density at radius 2 is 1.86 bits per heavy atom. The normalized spacial score (nSPS) is 12.0. The molecule has 2 aromatic carbocycles. The van der Waals surface area contributed by atoms with Gasteiger partial charge >= 0.3 is 6.18 Å². The van der Waals surface area contributed by atoms with E-state index in [0.29, 0.717) is 16.1 Å². The van der Waals surface area contributed by atoms with Gasteiger partial charge in [0.25, 0.3) is 0 Å². The van der Waals surface area contributed by atoms with Gasteiger partial charge < -0.3 is 10.1 Å². The number of phenols is 1. The van der Waals surface area contributed by atoms with Crippen LogP contribution in [-0.2, 0) is 6.18 Å². The van der Waals surface area contributed by atoms with Crippen LogP contribution in [0.25, 0.3) is 22.4 Å². The monoisotopic (exact) mass is 312 g/mol. The van der Waals surface area contributed by atoms with Gasteiger partial charge in [0.05, 0.1) is 22.2 Å². The van der Waals surface area contributed by atoms with Crippen molar-refractivity contribution in [2.75, 3.05) is 0 Å². The molecule has 0 amide bonds. The number of benzene rings is 2. The van der Waals surface area contributed by atoms with Crippen LogP contribution in [0.5, 0.6) is 5.75 Å². The fourth-order valence-corrected chi connectivity index (χ4v) is 2.18. The van der Waals surface area contributed by atoms with Crippen LogP contribution in [0.3, 0.4) is 0 Å². The van der Waals surface area contributed by atoms with Crippen LogP contribution in [0.1, 0.15) is 5.56 Å². The molecular formula is C14H8ClF3N2O. The number of nitrogens with one attached hydrogen (secondary N) is 1. The third-order valence-corrected chi connectivity index (χ3v) is 3.26. The number of hydrogen-bond acceptors (Lipinski definition) is 2. The Balaban J connectivity index is 2.13. The third-order valence-electron chi connectivity index (χ3n) is 3.02. The minimum absolute atomic E-state index is 0.0994. The summed E-state index contributed by atoms with van der Waals surface area (Å²) < 4.78 is 38.0. The van der Waals surface area contributed by atoms with E-state index in [1.807, 2.05) is 0 Å². The summed E-state index contributed by atoms with van der Waals surface area (Å²) in [7, 11) is 0. The highest BCUT2D eigenvalue weighted by atomic mass is 35.5. The summed E-state index contributed by atoms with van der Waals surface area (Å²) >= 11 is 5.74. The van der Waals surface area contributed by atoms with E-state index in [-0.39, 0.29) is 17.1 Å². The number of rotatable bonds is 1. The van der Waals surface area contributed by atoms with E-state index in [1.165, 1.54) is 12.1 Å². The van der Waals surface area contributed by atoms with Crippen LogP contribution in [0.15, 0.2) is 36.4 Å². The van der Waals surface area contributed by atoms with Crippen molar-refractivity contribution in [1.29, 1.82) is 0 Å². The summed E-state index contributed by atoms with van der Waals surface area (Å²) in [6.07, 6.45) is -4.41. The van der Waals surface area contributed by atoms with Crippen molar-refractivity contribution in [3.8, 4) is 17.1 Å². The van der Waals surface area contributed by atoms with Gasteiger partial charge in [0.1, 0.15) is 11.6 Å². The first-order valence-corrected chi connectivity index (χ1v) is 6.28. The summed E-state index contributed by atoms with van der Waals surface area (Å²) in [5.41, 5.74) is 0.233. The molecule has 2 N–H and O–H groups in total. The van der Waals surface area contributed by atoms with Gasteiger partial charge in [0.15, 0.2) is 0 Å². The van der Waals surface area contributed by atoms with Gasteiger partial charge in [0, 0.05) is 5.02 Å². The Kier molecular flexibility index (Phi) is 3.06. The number of phenolic OH excluding ortho intramolecular Hbond substituents is 1. The summed E-state index contributed by atoms with van der Waals surface area (Å²) in [5.74, 6) is 0.177. The summed E-state index contributed by atoms with van der Waals surface area (Å²) in [4.78, 5) is 6.94. The molecule has 21 heavy (non-hydrogen) atoms. The Labute approximate surface area is 122 Å². The number of alkyl halides is 3. The molecule has 3 nitrogen and oxygen atoms in total. The Morgan fingerprint density at radius 3 is 2.52 bits per heavy atom. The number of aromatic hydroxyl groups is 1.